The number of likely N-dealkylation sites (N-methyl/N-ethyl adjacent to an activating group) is 1. The maximum atomic E-state index is 12.3. The third-order valence-corrected chi connectivity index (χ3v) is 4.61. The van der Waals surface area contributed by atoms with Crippen LogP contribution >= 0.6 is 24.8 Å². The number of nitrogens with two attached hydrogens (primary N) is 1. The molecule has 4 nitrogen and oxygen atoms in total. The lowest BCUT2D eigenvalue weighted by atomic mass is 10.0. The minimum atomic E-state index is 0. The van der Waals surface area contributed by atoms with Crippen molar-refractivity contribution in [2.75, 3.05) is 25.4 Å². The molecule has 0 saturated heterocycles. The van der Waals surface area contributed by atoms with Crippen molar-refractivity contribution in [1.82, 2.24) is 10.2 Å². The lowest BCUT2D eigenvalue weighted by molar-refractivity contribution is -0.121. The smallest absolute Gasteiger partial charge is 0.220 e. The fourth-order valence-corrected chi connectivity index (χ4v) is 3.11. The van der Waals surface area contributed by atoms with Gasteiger partial charge in [0, 0.05) is 18.7 Å². The van der Waals surface area contributed by atoms with Gasteiger partial charge in [-0.2, -0.15) is 0 Å². The Morgan fingerprint density at radius 2 is 1.59 bits per heavy atom. The van der Waals surface area contributed by atoms with Crippen LogP contribution in [0.4, 0.5) is 5.69 Å². The van der Waals surface area contributed by atoms with Crippen LogP contribution in [-0.4, -0.2) is 30.4 Å². The molecule has 0 fully saturated rings. The Balaban J connectivity index is 0.00000338. The SMILES string of the molecule is CCN(CC)C(CNC(=O)CCc1ccccc1N)c1ccccc1.Cl.Cl. The van der Waals surface area contributed by atoms with Gasteiger partial charge in [0.05, 0.1) is 6.04 Å². The topological polar surface area (TPSA) is 58.4 Å². The third kappa shape index (κ3) is 7.79. The van der Waals surface area contributed by atoms with E-state index in [1.807, 2.05) is 42.5 Å². The maximum absolute atomic E-state index is 12.3. The molecule has 27 heavy (non-hydrogen) atoms. The summed E-state index contributed by atoms with van der Waals surface area (Å²) in [5, 5.41) is 3.10. The monoisotopic (exact) mass is 411 g/mol. The number of halogens is 2. The second-order valence-corrected chi connectivity index (χ2v) is 6.15. The van der Waals surface area contributed by atoms with E-state index in [9.17, 15) is 4.79 Å². The summed E-state index contributed by atoms with van der Waals surface area (Å²) in [6.07, 6.45) is 1.12. The van der Waals surface area contributed by atoms with Crippen LogP contribution in [0.2, 0.25) is 0 Å². The number of benzene rings is 2. The van der Waals surface area contributed by atoms with Crippen molar-refractivity contribution in [3.63, 3.8) is 0 Å². The molecule has 0 aliphatic rings. The van der Waals surface area contributed by atoms with Crippen molar-refractivity contribution in [2.24, 2.45) is 0 Å². The average Bonchev–Trinajstić information content (AvgIpc) is 2.65. The van der Waals surface area contributed by atoms with E-state index in [1.54, 1.807) is 0 Å². The summed E-state index contributed by atoms with van der Waals surface area (Å²) in [7, 11) is 0. The number of carbonyl (C=O) groups is 1. The second-order valence-electron chi connectivity index (χ2n) is 6.15. The predicted molar refractivity (Wildman–Crippen MR) is 119 cm³/mol. The summed E-state index contributed by atoms with van der Waals surface area (Å²) in [5.74, 6) is 0.0661. The standard InChI is InChI=1S/C21H29N3O.2ClH/c1-3-24(4-2)20(18-11-6-5-7-12-18)16-23-21(25)15-14-17-10-8-9-13-19(17)22;;/h5-13,20H,3-4,14-16,22H2,1-2H3,(H,23,25);2*1H. The highest BCUT2D eigenvalue weighted by atomic mass is 35.5. The first-order valence-corrected chi connectivity index (χ1v) is 9.04. The van der Waals surface area contributed by atoms with Gasteiger partial charge in [-0.15, -0.1) is 24.8 Å². The molecule has 0 aliphatic carbocycles. The van der Waals surface area contributed by atoms with Gasteiger partial charge in [-0.3, -0.25) is 9.69 Å². The van der Waals surface area contributed by atoms with E-state index in [2.05, 4.69) is 36.2 Å². The van der Waals surface area contributed by atoms with Gasteiger partial charge in [0.15, 0.2) is 0 Å². The molecule has 2 rings (SSSR count). The van der Waals surface area contributed by atoms with Gasteiger partial charge < -0.3 is 11.1 Å². The van der Waals surface area contributed by atoms with Crippen molar-refractivity contribution in [3.8, 4) is 0 Å². The van der Waals surface area contributed by atoms with Gasteiger partial charge in [0.25, 0.3) is 0 Å². The molecule has 0 saturated carbocycles. The number of nitrogens with one attached hydrogen (secondary N) is 1. The minimum absolute atomic E-state index is 0. The highest BCUT2D eigenvalue weighted by Crippen LogP contribution is 2.19. The lowest BCUT2D eigenvalue weighted by Crippen LogP contribution is -2.38. The zero-order chi connectivity index (χ0) is 18.1. The molecule has 150 valence electrons. The van der Waals surface area contributed by atoms with Crippen LogP contribution in [0.25, 0.3) is 0 Å². The third-order valence-electron chi connectivity index (χ3n) is 4.61. The van der Waals surface area contributed by atoms with Gasteiger partial charge in [-0.1, -0.05) is 62.4 Å². The Bertz CT molecular complexity index is 663. The summed E-state index contributed by atoms with van der Waals surface area (Å²) in [6.45, 7) is 6.83. The quantitative estimate of drug-likeness (QED) is 0.606. The van der Waals surface area contributed by atoms with Crippen LogP contribution < -0.4 is 11.1 Å². The molecule has 2 aromatic carbocycles. The van der Waals surface area contributed by atoms with Crippen LogP contribution in [0.15, 0.2) is 54.6 Å². The molecule has 0 bridgehead atoms. The first-order chi connectivity index (χ1) is 12.2. The number of para-hydroxylation sites is 1. The van der Waals surface area contributed by atoms with Gasteiger partial charge in [-0.25, -0.2) is 0 Å². The Labute approximate surface area is 175 Å². The highest BCUT2D eigenvalue weighted by Gasteiger charge is 2.18. The summed E-state index contributed by atoms with van der Waals surface area (Å²) < 4.78 is 0. The van der Waals surface area contributed by atoms with E-state index in [4.69, 9.17) is 5.73 Å². The van der Waals surface area contributed by atoms with Gasteiger partial charge in [-0.05, 0) is 36.7 Å². The Kier molecular flexibility index (Phi) is 12.6. The molecule has 0 aliphatic heterocycles. The van der Waals surface area contributed by atoms with Crippen LogP contribution in [0.1, 0.15) is 37.4 Å². The molecule has 0 heterocycles. The van der Waals surface area contributed by atoms with E-state index in [0.717, 1.165) is 24.3 Å². The normalized spacial score (nSPS) is 11.2. The van der Waals surface area contributed by atoms with Gasteiger partial charge in [0.1, 0.15) is 0 Å². The molecule has 6 heteroatoms. The fraction of sp³-hybridized carbons (Fsp3) is 0.381. The first kappa shape index (κ1) is 25.2. The van der Waals surface area contributed by atoms with E-state index in [1.165, 1.54) is 5.56 Å². The van der Waals surface area contributed by atoms with Crippen molar-refractivity contribution in [1.29, 1.82) is 0 Å². The largest absolute Gasteiger partial charge is 0.399 e. The fourth-order valence-electron chi connectivity index (χ4n) is 3.11. The molecule has 3 N–H and O–H groups in total. The van der Waals surface area contributed by atoms with Crippen molar-refractivity contribution in [2.45, 2.75) is 32.7 Å². The minimum Gasteiger partial charge on any atom is -0.399 e. The molecule has 0 aromatic heterocycles. The zero-order valence-electron chi connectivity index (χ0n) is 16.1. The molecule has 1 unspecified atom stereocenters. The van der Waals surface area contributed by atoms with Crippen LogP contribution in [0.5, 0.6) is 0 Å². The Morgan fingerprint density at radius 3 is 2.19 bits per heavy atom. The predicted octanol–water partition coefficient (Wildman–Crippen LogP) is 4.24. The van der Waals surface area contributed by atoms with Gasteiger partial charge >= 0.3 is 0 Å². The summed E-state index contributed by atoms with van der Waals surface area (Å²) in [4.78, 5) is 14.7. The Hall–Kier alpha value is -1.75. The van der Waals surface area contributed by atoms with Gasteiger partial charge in [0.2, 0.25) is 5.91 Å². The lowest BCUT2D eigenvalue weighted by Gasteiger charge is -2.30. The summed E-state index contributed by atoms with van der Waals surface area (Å²) in [6, 6.07) is 18.3. The number of nitrogens with zero attached hydrogens (tertiary/aromatic N) is 1. The number of aryl methyl sites for hydroxylation is 1. The van der Waals surface area contributed by atoms with Crippen molar-refractivity contribution in [3.05, 3.63) is 65.7 Å². The van der Waals surface area contributed by atoms with Crippen LogP contribution in [0.3, 0.4) is 0 Å². The molecular formula is C21H31Cl2N3O. The van der Waals surface area contributed by atoms with Crippen molar-refractivity contribution >= 4 is 36.4 Å². The number of anilines is 1. The van der Waals surface area contributed by atoms with E-state index < -0.39 is 0 Å². The first-order valence-electron chi connectivity index (χ1n) is 9.04. The van der Waals surface area contributed by atoms with E-state index in [0.29, 0.717) is 19.4 Å². The summed E-state index contributed by atoms with van der Waals surface area (Å²) >= 11 is 0. The maximum Gasteiger partial charge on any atom is 0.220 e. The number of hydrogen-bond acceptors (Lipinski definition) is 3. The molecule has 1 atom stereocenters. The molecule has 0 radical (unpaired) electrons. The van der Waals surface area contributed by atoms with E-state index >= 15 is 0 Å². The molecular weight excluding hydrogens is 381 g/mol. The van der Waals surface area contributed by atoms with Crippen molar-refractivity contribution < 1.29 is 4.79 Å². The zero-order valence-corrected chi connectivity index (χ0v) is 17.7. The Morgan fingerprint density at radius 1 is 1.00 bits per heavy atom. The molecule has 1 amide bonds. The number of carbonyl (C=O) groups excluding carboxylic acids is 1. The number of hydrogen-bond donors (Lipinski definition) is 2. The highest BCUT2D eigenvalue weighted by molar-refractivity contribution is 5.85. The molecule has 0 spiro atoms. The average molecular weight is 412 g/mol. The number of amides is 1. The van der Waals surface area contributed by atoms with E-state index in [-0.39, 0.29) is 36.8 Å². The second kappa shape index (κ2) is 13.4. The molecule has 2 aromatic rings. The number of nitrogen functional groups attached to an aromatic ring is 1. The van der Waals surface area contributed by atoms with Crippen LogP contribution in [-0.2, 0) is 11.2 Å². The number of rotatable bonds is 9. The summed E-state index contributed by atoms with van der Waals surface area (Å²) in [5.41, 5.74) is 8.96. The van der Waals surface area contributed by atoms with Crippen LogP contribution in [0, 0.1) is 0 Å².